The fourth-order valence-electron chi connectivity index (χ4n) is 2.67. The molecule has 30 heavy (non-hydrogen) atoms. The predicted octanol–water partition coefficient (Wildman–Crippen LogP) is 3.43. The third kappa shape index (κ3) is 4.61. The van der Waals surface area contributed by atoms with Gasteiger partial charge in [-0.3, -0.25) is 9.89 Å². The first kappa shape index (κ1) is 21.8. The highest BCUT2D eigenvalue weighted by Crippen LogP contribution is 2.29. The lowest BCUT2D eigenvalue weighted by Gasteiger charge is -2.11. The number of benzene rings is 2. The number of sulfonamides is 1. The summed E-state index contributed by atoms with van der Waals surface area (Å²) in [6.45, 7) is 1.89. The van der Waals surface area contributed by atoms with Gasteiger partial charge in [-0.1, -0.05) is 18.5 Å². The number of anilines is 1. The number of carbonyl (C=O) groups excluding carboxylic acids is 1. The second-order valence-corrected chi connectivity index (χ2v) is 8.26. The van der Waals surface area contributed by atoms with Crippen molar-refractivity contribution in [3.05, 3.63) is 59.0 Å². The van der Waals surface area contributed by atoms with Gasteiger partial charge in [-0.15, -0.1) is 0 Å². The summed E-state index contributed by atoms with van der Waals surface area (Å²) in [6.07, 6.45) is 0. The van der Waals surface area contributed by atoms with E-state index < -0.39 is 21.7 Å². The van der Waals surface area contributed by atoms with Crippen molar-refractivity contribution in [2.24, 2.45) is 0 Å². The molecule has 0 aliphatic carbocycles. The monoisotopic (exact) mass is 452 g/mol. The van der Waals surface area contributed by atoms with Gasteiger partial charge in [0, 0.05) is 17.8 Å². The molecule has 3 aromatic rings. The second kappa shape index (κ2) is 8.82. The number of halogens is 2. The van der Waals surface area contributed by atoms with Crippen molar-refractivity contribution in [2.45, 2.75) is 11.8 Å². The van der Waals surface area contributed by atoms with Crippen LogP contribution in [0.25, 0.3) is 11.3 Å². The van der Waals surface area contributed by atoms with Crippen molar-refractivity contribution in [1.82, 2.24) is 14.9 Å². The van der Waals surface area contributed by atoms with Gasteiger partial charge in [0.2, 0.25) is 10.0 Å². The first-order chi connectivity index (χ1) is 14.2. The van der Waals surface area contributed by atoms with Crippen LogP contribution in [0.15, 0.2) is 47.4 Å². The first-order valence-corrected chi connectivity index (χ1v) is 10.6. The summed E-state index contributed by atoms with van der Waals surface area (Å²) >= 11 is 5.72. The van der Waals surface area contributed by atoms with Gasteiger partial charge in [0.25, 0.3) is 5.91 Å². The summed E-state index contributed by atoms with van der Waals surface area (Å²) in [5, 5.41) is 9.13. The van der Waals surface area contributed by atoms with E-state index in [1.807, 2.05) is 0 Å². The fourth-order valence-corrected chi connectivity index (χ4v) is 4.09. The number of methoxy groups -OCH3 is 1. The maximum Gasteiger partial charge on any atom is 0.273 e. The maximum absolute atomic E-state index is 13.3. The number of hydrogen-bond donors (Lipinski definition) is 3. The van der Waals surface area contributed by atoms with E-state index in [0.717, 1.165) is 6.07 Å². The van der Waals surface area contributed by atoms with Gasteiger partial charge in [-0.2, -0.15) is 5.10 Å². The van der Waals surface area contributed by atoms with Gasteiger partial charge in [0.15, 0.2) is 0 Å². The molecule has 0 saturated carbocycles. The number of hydrogen-bond acceptors (Lipinski definition) is 5. The minimum absolute atomic E-state index is 0.0423. The molecule has 3 N–H and O–H groups in total. The molecule has 0 unspecified atom stereocenters. The normalized spacial score (nSPS) is 11.3. The Kier molecular flexibility index (Phi) is 6.40. The molecule has 0 bridgehead atoms. The quantitative estimate of drug-likeness (QED) is 0.508. The summed E-state index contributed by atoms with van der Waals surface area (Å²) in [4.78, 5) is 12.4. The van der Waals surface area contributed by atoms with Crippen LogP contribution in [0.1, 0.15) is 17.4 Å². The molecular weight excluding hydrogens is 435 g/mol. The maximum atomic E-state index is 13.3. The van der Waals surface area contributed by atoms with Crippen LogP contribution in [-0.2, 0) is 10.0 Å². The van der Waals surface area contributed by atoms with Crippen LogP contribution in [0.5, 0.6) is 5.75 Å². The lowest BCUT2D eigenvalue weighted by molar-refractivity contribution is 0.102. The number of rotatable bonds is 7. The van der Waals surface area contributed by atoms with Crippen LogP contribution < -0.4 is 14.8 Å². The summed E-state index contributed by atoms with van der Waals surface area (Å²) in [6, 6.07) is 9.81. The Bertz CT molecular complexity index is 1200. The number of ether oxygens (including phenoxy) is 1. The molecular formula is C19H18ClFN4O4S. The molecule has 3 rings (SSSR count). The largest absolute Gasteiger partial charge is 0.495 e. The summed E-state index contributed by atoms with van der Waals surface area (Å²) in [7, 11) is -2.40. The molecule has 8 nitrogen and oxygen atoms in total. The topological polar surface area (TPSA) is 113 Å². The minimum atomic E-state index is -3.78. The van der Waals surface area contributed by atoms with E-state index in [-0.39, 0.29) is 27.9 Å². The number of aromatic amines is 1. The van der Waals surface area contributed by atoms with Crippen molar-refractivity contribution in [3.63, 3.8) is 0 Å². The number of aromatic nitrogens is 2. The first-order valence-electron chi connectivity index (χ1n) is 8.75. The van der Waals surface area contributed by atoms with Gasteiger partial charge < -0.3 is 10.1 Å². The number of H-pyrrole nitrogens is 1. The van der Waals surface area contributed by atoms with Gasteiger partial charge in [0.1, 0.15) is 22.2 Å². The van der Waals surface area contributed by atoms with Crippen molar-refractivity contribution < 1.29 is 22.3 Å². The number of amides is 1. The number of nitrogens with zero attached hydrogens (tertiary/aromatic N) is 1. The zero-order valence-electron chi connectivity index (χ0n) is 16.0. The highest BCUT2D eigenvalue weighted by molar-refractivity contribution is 7.89. The Morgan fingerprint density at radius 2 is 2.00 bits per heavy atom. The zero-order chi connectivity index (χ0) is 21.9. The fraction of sp³-hybridized carbons (Fsp3) is 0.158. The molecule has 0 radical (unpaired) electrons. The van der Waals surface area contributed by atoms with E-state index >= 15 is 0 Å². The molecule has 1 aromatic heterocycles. The Balaban J connectivity index is 1.88. The van der Waals surface area contributed by atoms with Crippen LogP contribution in [0.4, 0.5) is 10.1 Å². The highest BCUT2D eigenvalue weighted by Gasteiger charge is 2.21. The Morgan fingerprint density at radius 1 is 1.23 bits per heavy atom. The van der Waals surface area contributed by atoms with Gasteiger partial charge >= 0.3 is 0 Å². The third-order valence-corrected chi connectivity index (χ3v) is 5.94. The zero-order valence-corrected chi connectivity index (χ0v) is 17.6. The Hall–Kier alpha value is -2.95. The van der Waals surface area contributed by atoms with E-state index in [2.05, 4.69) is 20.2 Å². The SMILES string of the molecule is CCNS(=O)(=O)c1cc(-c2cc(C(=O)Nc3ccc(F)c(Cl)c3)[nH]n2)ccc1OC. The standard InChI is InChI=1S/C19H18ClFN4O4S/c1-3-22-30(27,28)18-8-11(4-7-17(18)29-2)15-10-16(25-24-15)19(26)23-12-5-6-14(21)13(20)9-12/h4-10,22H,3H2,1-2H3,(H,23,26)(H,24,25). The van der Waals surface area contributed by atoms with Crippen molar-refractivity contribution >= 4 is 33.2 Å². The molecule has 11 heteroatoms. The van der Waals surface area contributed by atoms with E-state index in [0.29, 0.717) is 16.9 Å². The van der Waals surface area contributed by atoms with Crippen LogP contribution in [0, 0.1) is 5.82 Å². The minimum Gasteiger partial charge on any atom is -0.495 e. The molecule has 0 aliphatic rings. The lowest BCUT2D eigenvalue weighted by atomic mass is 10.1. The van der Waals surface area contributed by atoms with Crippen LogP contribution >= 0.6 is 11.6 Å². The number of nitrogens with one attached hydrogen (secondary N) is 3. The molecule has 0 aliphatic heterocycles. The molecule has 0 fully saturated rings. The van der Waals surface area contributed by atoms with Crippen molar-refractivity contribution in [3.8, 4) is 17.0 Å². The van der Waals surface area contributed by atoms with E-state index in [4.69, 9.17) is 16.3 Å². The van der Waals surface area contributed by atoms with E-state index in [1.165, 1.54) is 37.4 Å². The molecule has 2 aromatic carbocycles. The van der Waals surface area contributed by atoms with Crippen LogP contribution in [0.3, 0.4) is 0 Å². The molecule has 158 valence electrons. The predicted molar refractivity (Wildman–Crippen MR) is 111 cm³/mol. The highest BCUT2D eigenvalue weighted by atomic mass is 35.5. The lowest BCUT2D eigenvalue weighted by Crippen LogP contribution is -2.23. The molecule has 1 amide bonds. The summed E-state index contributed by atoms with van der Waals surface area (Å²) in [5.41, 5.74) is 1.25. The Morgan fingerprint density at radius 3 is 2.67 bits per heavy atom. The Labute approximate surface area is 177 Å². The van der Waals surface area contributed by atoms with E-state index in [9.17, 15) is 17.6 Å². The van der Waals surface area contributed by atoms with Crippen molar-refractivity contribution in [2.75, 3.05) is 19.0 Å². The summed E-state index contributed by atoms with van der Waals surface area (Å²) < 4.78 is 45.7. The van der Waals surface area contributed by atoms with Gasteiger partial charge in [-0.25, -0.2) is 17.5 Å². The number of carbonyl (C=O) groups is 1. The summed E-state index contributed by atoms with van der Waals surface area (Å²) in [5.74, 6) is -0.937. The smallest absolute Gasteiger partial charge is 0.273 e. The second-order valence-electron chi connectivity index (χ2n) is 6.12. The average Bonchev–Trinajstić information content (AvgIpc) is 3.20. The molecule has 0 saturated heterocycles. The van der Waals surface area contributed by atoms with Gasteiger partial charge in [-0.05, 0) is 42.5 Å². The van der Waals surface area contributed by atoms with E-state index in [1.54, 1.807) is 13.0 Å². The van der Waals surface area contributed by atoms with Gasteiger partial charge in [0.05, 0.1) is 17.8 Å². The van der Waals surface area contributed by atoms with Crippen LogP contribution in [-0.4, -0.2) is 38.2 Å². The molecule has 0 spiro atoms. The third-order valence-electron chi connectivity index (χ3n) is 4.08. The average molecular weight is 453 g/mol. The molecule has 1 heterocycles. The molecule has 0 atom stereocenters. The van der Waals surface area contributed by atoms with Crippen LogP contribution in [0.2, 0.25) is 5.02 Å². The van der Waals surface area contributed by atoms with Crippen molar-refractivity contribution in [1.29, 1.82) is 0 Å².